The van der Waals surface area contributed by atoms with Crippen molar-refractivity contribution < 1.29 is 38.6 Å². The molecule has 52 heavy (non-hydrogen) atoms. The average Bonchev–Trinajstić information content (AvgIpc) is 3.75. The monoisotopic (exact) mass is 728 g/mol. The van der Waals surface area contributed by atoms with Crippen LogP contribution in [0, 0.1) is 23.2 Å². The van der Waals surface area contributed by atoms with Gasteiger partial charge in [-0.3, -0.25) is 24.0 Å². The summed E-state index contributed by atoms with van der Waals surface area (Å²) >= 11 is 0. The van der Waals surface area contributed by atoms with Gasteiger partial charge in [0.1, 0.15) is 23.7 Å². The Morgan fingerprint density at radius 2 is 1.54 bits per heavy atom. The molecule has 5 N–H and O–H groups in total. The van der Waals surface area contributed by atoms with Crippen molar-refractivity contribution in [2.45, 2.75) is 117 Å². The number of benzene rings is 1. The van der Waals surface area contributed by atoms with Crippen molar-refractivity contribution in [1.82, 2.24) is 31.1 Å². The van der Waals surface area contributed by atoms with Gasteiger partial charge in [-0.15, -0.1) is 0 Å². The van der Waals surface area contributed by atoms with E-state index >= 15 is 0 Å². The third kappa shape index (κ3) is 11.9. The van der Waals surface area contributed by atoms with E-state index in [1.807, 2.05) is 34.6 Å². The zero-order valence-corrected chi connectivity index (χ0v) is 32.4. The average molecular weight is 729 g/mol. The molecule has 3 rings (SSSR count). The Balaban J connectivity index is 1.75. The Bertz CT molecular complexity index is 1430. The van der Waals surface area contributed by atoms with E-state index in [9.17, 15) is 33.9 Å². The molecule has 1 saturated carbocycles. The number of aliphatic hydroxyl groups excluding tert-OH is 1. The Hall–Kier alpha value is -4.20. The summed E-state index contributed by atoms with van der Waals surface area (Å²) in [5, 5.41) is 22.0. The molecule has 0 spiro atoms. The maximum Gasteiger partial charge on any atom is 0.408 e. The highest BCUT2D eigenvalue weighted by molar-refractivity contribution is 5.94. The smallest absolute Gasteiger partial charge is 0.408 e. The summed E-state index contributed by atoms with van der Waals surface area (Å²) < 4.78 is 5.44. The number of ether oxygens (including phenoxy) is 1. The van der Waals surface area contributed by atoms with E-state index in [1.165, 1.54) is 9.80 Å². The minimum Gasteiger partial charge on any atom is -0.444 e. The van der Waals surface area contributed by atoms with Crippen LogP contribution in [0.3, 0.4) is 0 Å². The normalized spacial score (nSPS) is 19.9. The first-order valence-electron chi connectivity index (χ1n) is 18.2. The molecule has 1 aromatic rings. The number of likely N-dealkylation sites (N-methyl/N-ethyl adjacent to an activating group) is 1. The molecular weight excluding hydrogens is 668 g/mol. The number of nitrogens with zero attached hydrogens (tertiary/aromatic N) is 2. The maximum absolute atomic E-state index is 14.2. The van der Waals surface area contributed by atoms with Gasteiger partial charge in [0.25, 0.3) is 5.91 Å². The predicted molar refractivity (Wildman–Crippen MR) is 195 cm³/mol. The summed E-state index contributed by atoms with van der Waals surface area (Å²) in [7, 11) is 3.15. The van der Waals surface area contributed by atoms with Crippen LogP contribution in [0.2, 0.25) is 0 Å². The van der Waals surface area contributed by atoms with Crippen LogP contribution < -0.4 is 21.3 Å². The van der Waals surface area contributed by atoms with Gasteiger partial charge in [-0.05, 0) is 62.3 Å². The Kier molecular flexibility index (Phi) is 14.2. The molecule has 14 nitrogen and oxygen atoms in total. The van der Waals surface area contributed by atoms with E-state index in [0.717, 1.165) is 12.8 Å². The molecule has 1 saturated heterocycles. The molecule has 6 amide bonds. The predicted octanol–water partition coefficient (Wildman–Crippen LogP) is 2.51. The highest BCUT2D eigenvalue weighted by Crippen LogP contribution is 2.36. The number of hydrogen-bond acceptors (Lipinski definition) is 8. The molecule has 290 valence electrons. The fraction of sp³-hybridized carbons (Fsp3) is 0.684. The molecule has 0 radical (unpaired) electrons. The quantitative estimate of drug-likeness (QED) is 0.193. The Labute approximate surface area is 308 Å². The molecule has 14 heteroatoms. The van der Waals surface area contributed by atoms with Gasteiger partial charge in [0.2, 0.25) is 23.6 Å². The number of amides is 6. The topological polar surface area (TPSA) is 186 Å². The van der Waals surface area contributed by atoms with Crippen molar-refractivity contribution in [2.24, 2.45) is 23.2 Å². The first kappa shape index (κ1) is 42.2. The van der Waals surface area contributed by atoms with Gasteiger partial charge < -0.3 is 40.9 Å². The second-order valence-electron chi connectivity index (χ2n) is 16.7. The van der Waals surface area contributed by atoms with E-state index < -0.39 is 77.6 Å². The number of carbonyl (C=O) groups is 6. The number of alkyl carbamates (subject to hydrolysis) is 1. The number of aliphatic hydroxyl groups is 1. The summed E-state index contributed by atoms with van der Waals surface area (Å²) in [5.74, 6) is -2.77. The van der Waals surface area contributed by atoms with Crippen LogP contribution in [0.25, 0.3) is 0 Å². The molecule has 6 atom stereocenters. The number of hydrogen-bond donors (Lipinski definition) is 5. The fourth-order valence-corrected chi connectivity index (χ4v) is 6.44. The molecule has 1 aliphatic heterocycles. The van der Waals surface area contributed by atoms with Crippen LogP contribution in [-0.2, 0) is 28.7 Å². The summed E-state index contributed by atoms with van der Waals surface area (Å²) in [6.45, 7) is 14.4. The summed E-state index contributed by atoms with van der Waals surface area (Å²) in [6, 6.07) is 4.84. The summed E-state index contributed by atoms with van der Waals surface area (Å²) in [5.41, 5.74) is -0.931. The van der Waals surface area contributed by atoms with Crippen LogP contribution >= 0.6 is 0 Å². The first-order valence-corrected chi connectivity index (χ1v) is 18.2. The highest BCUT2D eigenvalue weighted by Gasteiger charge is 2.48. The Morgan fingerprint density at radius 1 is 0.923 bits per heavy atom. The lowest BCUT2D eigenvalue weighted by atomic mass is 9.84. The third-order valence-electron chi connectivity index (χ3n) is 9.44. The maximum atomic E-state index is 14.2. The van der Waals surface area contributed by atoms with E-state index in [4.69, 9.17) is 4.74 Å². The SMILES string of the molecule is CC(C)C1CCN(C(=O)C(NC(=O)OC(C)(C)C)C(C)(C)C)C1C(=O)NC(CC1CC1)C(O)C(=O)NCC(=O)N[C@H](C(=O)N(C)C)c1ccccc1. The van der Waals surface area contributed by atoms with Crippen molar-refractivity contribution >= 4 is 35.6 Å². The molecule has 2 aliphatic rings. The first-order chi connectivity index (χ1) is 24.1. The summed E-state index contributed by atoms with van der Waals surface area (Å²) in [4.78, 5) is 83.0. The van der Waals surface area contributed by atoms with Crippen LogP contribution in [0.1, 0.15) is 92.7 Å². The number of rotatable bonds is 14. The number of likely N-dealkylation sites (tertiary alicyclic amines) is 1. The standard InChI is InChI=1S/C38H60N6O8/c1-22(2)25-18-19-44(35(50)31(37(3,4)5)42-36(51)52-38(6,7)8)29(25)32(47)40-26(20-23-16-17-23)30(46)33(48)39-21-27(45)41-28(34(49)43(9)10)24-14-12-11-13-15-24/h11-15,22-23,25-26,28-31,46H,16-21H2,1-10H3,(H,39,48)(H,40,47)(H,41,45)(H,42,51)/t25?,26?,28-,29?,30?,31?/m0/s1. The zero-order chi connectivity index (χ0) is 39.1. The minimum absolute atomic E-state index is 0.0214. The Morgan fingerprint density at radius 3 is 2.06 bits per heavy atom. The van der Waals surface area contributed by atoms with Gasteiger partial charge in [0.05, 0.1) is 12.6 Å². The van der Waals surface area contributed by atoms with E-state index in [0.29, 0.717) is 18.4 Å². The van der Waals surface area contributed by atoms with Gasteiger partial charge in [-0.1, -0.05) is 77.8 Å². The lowest BCUT2D eigenvalue weighted by Gasteiger charge is -2.37. The van der Waals surface area contributed by atoms with Crippen LogP contribution in [0.4, 0.5) is 4.79 Å². The third-order valence-corrected chi connectivity index (χ3v) is 9.44. The molecule has 1 aliphatic carbocycles. The zero-order valence-electron chi connectivity index (χ0n) is 32.4. The van der Waals surface area contributed by atoms with Gasteiger partial charge in [0.15, 0.2) is 6.10 Å². The van der Waals surface area contributed by atoms with Crippen molar-refractivity contribution in [2.75, 3.05) is 27.2 Å². The fourth-order valence-electron chi connectivity index (χ4n) is 6.44. The van der Waals surface area contributed by atoms with Crippen LogP contribution in [0.15, 0.2) is 30.3 Å². The van der Waals surface area contributed by atoms with E-state index in [2.05, 4.69) is 21.3 Å². The second-order valence-corrected chi connectivity index (χ2v) is 16.7. The van der Waals surface area contributed by atoms with E-state index in [1.54, 1.807) is 65.2 Å². The molecule has 0 aromatic heterocycles. The van der Waals surface area contributed by atoms with E-state index in [-0.39, 0.29) is 30.2 Å². The molecule has 5 unspecified atom stereocenters. The van der Waals surface area contributed by atoms with Crippen LogP contribution in [-0.4, -0.2) is 108 Å². The molecule has 0 bridgehead atoms. The van der Waals surface area contributed by atoms with Gasteiger partial charge in [0, 0.05) is 20.6 Å². The lowest BCUT2D eigenvalue weighted by Crippen LogP contribution is -2.61. The minimum atomic E-state index is -1.69. The molecule has 2 fully saturated rings. The summed E-state index contributed by atoms with van der Waals surface area (Å²) in [6.07, 6.45) is 0.221. The van der Waals surface area contributed by atoms with Crippen LogP contribution in [0.5, 0.6) is 0 Å². The second kappa shape index (κ2) is 17.5. The van der Waals surface area contributed by atoms with Crippen molar-refractivity contribution in [3.8, 4) is 0 Å². The number of nitrogens with one attached hydrogen (secondary N) is 4. The molecule has 1 aromatic carbocycles. The number of carbonyl (C=O) groups excluding carboxylic acids is 6. The van der Waals surface area contributed by atoms with Crippen molar-refractivity contribution in [3.05, 3.63) is 35.9 Å². The van der Waals surface area contributed by atoms with Gasteiger partial charge in [-0.25, -0.2) is 4.79 Å². The van der Waals surface area contributed by atoms with Gasteiger partial charge in [-0.2, -0.15) is 0 Å². The molecular formula is C38H60N6O8. The van der Waals surface area contributed by atoms with Crippen molar-refractivity contribution in [3.63, 3.8) is 0 Å². The largest absolute Gasteiger partial charge is 0.444 e. The highest BCUT2D eigenvalue weighted by atomic mass is 16.6. The lowest BCUT2D eigenvalue weighted by molar-refractivity contribution is -0.144. The molecule has 1 heterocycles. The van der Waals surface area contributed by atoms with Gasteiger partial charge >= 0.3 is 6.09 Å². The van der Waals surface area contributed by atoms with Crippen molar-refractivity contribution in [1.29, 1.82) is 0 Å².